The summed E-state index contributed by atoms with van der Waals surface area (Å²) in [5.41, 5.74) is 7.41. The maximum Gasteiger partial charge on any atom is 0.310 e. The number of ether oxygens (including phenoxy) is 1. The minimum Gasteiger partial charge on any atom is -0.465 e. The van der Waals surface area contributed by atoms with Crippen molar-refractivity contribution in [2.24, 2.45) is 5.41 Å². The first-order valence-corrected chi connectivity index (χ1v) is 5.87. The molecule has 0 aliphatic rings. The van der Waals surface area contributed by atoms with E-state index in [2.05, 4.69) is 20.8 Å². The first kappa shape index (κ1) is 13.6. The third kappa shape index (κ3) is 5.38. The second kappa shape index (κ2) is 5.71. The van der Waals surface area contributed by atoms with Crippen LogP contribution in [0.2, 0.25) is 0 Å². The maximum atomic E-state index is 11.6. The predicted octanol–water partition coefficient (Wildman–Crippen LogP) is 2.79. The Morgan fingerprint density at radius 3 is 2.53 bits per heavy atom. The number of carbonyl (C=O) groups excluding carboxylic acids is 1. The molecule has 0 aliphatic carbocycles. The Kier molecular flexibility index (Phi) is 4.55. The molecule has 0 heterocycles. The van der Waals surface area contributed by atoms with E-state index in [0.29, 0.717) is 12.3 Å². The number of hydrogen-bond acceptors (Lipinski definition) is 3. The summed E-state index contributed by atoms with van der Waals surface area (Å²) in [6.07, 6.45) is 1.11. The molecule has 0 fully saturated rings. The predicted molar refractivity (Wildman–Crippen MR) is 69.6 cm³/mol. The number of carbonyl (C=O) groups is 1. The van der Waals surface area contributed by atoms with Gasteiger partial charge in [0.15, 0.2) is 0 Å². The van der Waals surface area contributed by atoms with Crippen LogP contribution in [0.4, 0.5) is 5.69 Å². The molecular weight excluding hydrogens is 214 g/mol. The zero-order valence-corrected chi connectivity index (χ0v) is 10.8. The molecule has 0 amide bonds. The van der Waals surface area contributed by atoms with Crippen LogP contribution in [0.15, 0.2) is 24.3 Å². The Balaban J connectivity index is 2.38. The SMILES string of the molecule is CC(C)(C)CCOC(=O)Cc1ccccc1N. The van der Waals surface area contributed by atoms with Crippen molar-refractivity contribution in [3.05, 3.63) is 29.8 Å². The summed E-state index contributed by atoms with van der Waals surface area (Å²) in [5, 5.41) is 0. The number of anilines is 1. The molecule has 3 nitrogen and oxygen atoms in total. The topological polar surface area (TPSA) is 52.3 Å². The van der Waals surface area contributed by atoms with Gasteiger partial charge in [-0.15, -0.1) is 0 Å². The van der Waals surface area contributed by atoms with Gasteiger partial charge in [-0.2, -0.15) is 0 Å². The third-order valence-electron chi connectivity index (χ3n) is 2.50. The summed E-state index contributed by atoms with van der Waals surface area (Å²) >= 11 is 0. The number of nitrogen functional groups attached to an aromatic ring is 1. The molecule has 1 aromatic carbocycles. The highest BCUT2D eigenvalue weighted by atomic mass is 16.5. The number of benzene rings is 1. The van der Waals surface area contributed by atoms with E-state index in [-0.39, 0.29) is 17.8 Å². The van der Waals surface area contributed by atoms with E-state index in [9.17, 15) is 4.79 Å². The van der Waals surface area contributed by atoms with E-state index in [1.807, 2.05) is 18.2 Å². The second-order valence-electron chi connectivity index (χ2n) is 5.41. The fraction of sp³-hybridized carbons (Fsp3) is 0.500. The molecule has 3 heteroatoms. The summed E-state index contributed by atoms with van der Waals surface area (Å²) < 4.78 is 5.18. The summed E-state index contributed by atoms with van der Waals surface area (Å²) in [7, 11) is 0. The van der Waals surface area contributed by atoms with Crippen molar-refractivity contribution in [2.45, 2.75) is 33.6 Å². The first-order chi connectivity index (χ1) is 7.88. The summed E-state index contributed by atoms with van der Waals surface area (Å²) in [6.45, 7) is 6.83. The Hall–Kier alpha value is -1.51. The van der Waals surface area contributed by atoms with E-state index in [1.165, 1.54) is 0 Å². The minimum atomic E-state index is -0.216. The normalized spacial score (nSPS) is 11.2. The van der Waals surface area contributed by atoms with Crippen LogP contribution >= 0.6 is 0 Å². The van der Waals surface area contributed by atoms with Crippen LogP contribution < -0.4 is 5.73 Å². The molecule has 0 bridgehead atoms. The van der Waals surface area contributed by atoms with Crippen molar-refractivity contribution in [1.29, 1.82) is 0 Å². The van der Waals surface area contributed by atoms with Crippen LogP contribution in [0, 0.1) is 5.41 Å². The molecular formula is C14H21NO2. The molecule has 0 unspecified atom stereocenters. The van der Waals surface area contributed by atoms with Crippen molar-refractivity contribution < 1.29 is 9.53 Å². The van der Waals surface area contributed by atoms with Crippen LogP contribution in [0.25, 0.3) is 0 Å². The molecule has 0 radical (unpaired) electrons. The van der Waals surface area contributed by atoms with Gasteiger partial charge < -0.3 is 10.5 Å². The molecule has 0 atom stereocenters. The van der Waals surface area contributed by atoms with Crippen LogP contribution in [0.5, 0.6) is 0 Å². The van der Waals surface area contributed by atoms with Crippen molar-refractivity contribution in [1.82, 2.24) is 0 Å². The second-order valence-corrected chi connectivity index (χ2v) is 5.41. The lowest BCUT2D eigenvalue weighted by molar-refractivity contribution is -0.143. The molecule has 0 saturated heterocycles. The number of esters is 1. The van der Waals surface area contributed by atoms with Gasteiger partial charge in [-0.1, -0.05) is 39.0 Å². The van der Waals surface area contributed by atoms with E-state index in [4.69, 9.17) is 10.5 Å². The first-order valence-electron chi connectivity index (χ1n) is 5.87. The average Bonchev–Trinajstić information content (AvgIpc) is 2.19. The van der Waals surface area contributed by atoms with Crippen molar-refractivity contribution in [3.8, 4) is 0 Å². The van der Waals surface area contributed by atoms with Gasteiger partial charge in [0.25, 0.3) is 0 Å². The highest BCUT2D eigenvalue weighted by Gasteiger charge is 2.12. The minimum absolute atomic E-state index is 0.187. The van der Waals surface area contributed by atoms with Crippen LogP contribution in [-0.2, 0) is 16.0 Å². The smallest absolute Gasteiger partial charge is 0.310 e. The fourth-order valence-electron chi connectivity index (χ4n) is 1.37. The number of nitrogens with two attached hydrogens (primary N) is 1. The van der Waals surface area contributed by atoms with Gasteiger partial charge in [0, 0.05) is 5.69 Å². The van der Waals surface area contributed by atoms with E-state index < -0.39 is 0 Å². The van der Waals surface area contributed by atoms with Crippen molar-refractivity contribution in [3.63, 3.8) is 0 Å². The Morgan fingerprint density at radius 2 is 1.94 bits per heavy atom. The molecule has 94 valence electrons. The number of para-hydroxylation sites is 1. The molecule has 17 heavy (non-hydrogen) atoms. The molecule has 0 spiro atoms. The standard InChI is InChI=1S/C14H21NO2/c1-14(2,3)8-9-17-13(16)10-11-6-4-5-7-12(11)15/h4-7H,8-10,15H2,1-3H3. The lowest BCUT2D eigenvalue weighted by Gasteiger charge is -2.17. The van der Waals surface area contributed by atoms with Crippen molar-refractivity contribution >= 4 is 11.7 Å². The maximum absolute atomic E-state index is 11.6. The highest BCUT2D eigenvalue weighted by Crippen LogP contribution is 2.18. The largest absolute Gasteiger partial charge is 0.465 e. The Bertz CT molecular complexity index is 380. The summed E-state index contributed by atoms with van der Waals surface area (Å²) in [4.78, 5) is 11.6. The Labute approximate surface area is 103 Å². The molecule has 0 aromatic heterocycles. The van der Waals surface area contributed by atoms with Gasteiger partial charge in [-0.25, -0.2) is 0 Å². The van der Waals surface area contributed by atoms with E-state index in [0.717, 1.165) is 12.0 Å². The van der Waals surface area contributed by atoms with Gasteiger partial charge in [-0.3, -0.25) is 4.79 Å². The fourth-order valence-corrected chi connectivity index (χ4v) is 1.37. The number of hydrogen-bond donors (Lipinski definition) is 1. The van der Waals surface area contributed by atoms with Crippen LogP contribution in [-0.4, -0.2) is 12.6 Å². The molecule has 0 aliphatic heterocycles. The van der Waals surface area contributed by atoms with Crippen LogP contribution in [0.3, 0.4) is 0 Å². The average molecular weight is 235 g/mol. The highest BCUT2D eigenvalue weighted by molar-refractivity contribution is 5.74. The van der Waals surface area contributed by atoms with Crippen LogP contribution in [0.1, 0.15) is 32.8 Å². The quantitative estimate of drug-likeness (QED) is 0.645. The van der Waals surface area contributed by atoms with E-state index in [1.54, 1.807) is 6.07 Å². The summed E-state index contributed by atoms with van der Waals surface area (Å²) in [5.74, 6) is -0.216. The van der Waals surface area contributed by atoms with Gasteiger partial charge >= 0.3 is 5.97 Å². The molecule has 0 saturated carbocycles. The lowest BCUT2D eigenvalue weighted by atomic mass is 9.93. The number of rotatable bonds is 4. The zero-order valence-electron chi connectivity index (χ0n) is 10.8. The summed E-state index contributed by atoms with van der Waals surface area (Å²) in [6, 6.07) is 7.36. The van der Waals surface area contributed by atoms with Gasteiger partial charge in [0.1, 0.15) is 0 Å². The van der Waals surface area contributed by atoms with E-state index >= 15 is 0 Å². The molecule has 1 aromatic rings. The van der Waals surface area contributed by atoms with Gasteiger partial charge in [-0.05, 0) is 23.5 Å². The molecule has 1 rings (SSSR count). The van der Waals surface area contributed by atoms with Gasteiger partial charge in [0.2, 0.25) is 0 Å². The monoisotopic (exact) mass is 235 g/mol. The molecule has 2 N–H and O–H groups in total. The van der Waals surface area contributed by atoms with Crippen molar-refractivity contribution in [2.75, 3.05) is 12.3 Å². The third-order valence-corrected chi connectivity index (χ3v) is 2.50. The zero-order chi connectivity index (χ0) is 12.9. The lowest BCUT2D eigenvalue weighted by Crippen LogP contribution is -2.15. The van der Waals surface area contributed by atoms with Gasteiger partial charge in [0.05, 0.1) is 13.0 Å². The Morgan fingerprint density at radius 1 is 1.29 bits per heavy atom.